The first-order valence-electron chi connectivity index (χ1n) is 7.84. The van der Waals surface area contributed by atoms with Gasteiger partial charge in [-0.1, -0.05) is 22.0 Å². The minimum Gasteiger partial charge on any atom is -0.508 e. The van der Waals surface area contributed by atoms with Crippen molar-refractivity contribution in [2.24, 2.45) is 0 Å². The number of phenols is 1. The normalized spacial score (nSPS) is 12.2. The molecule has 0 fully saturated rings. The Balaban J connectivity index is 1.83. The van der Waals surface area contributed by atoms with Crippen molar-refractivity contribution in [3.8, 4) is 5.75 Å². The number of benzene rings is 2. The molecule has 2 heterocycles. The molecule has 2 aromatic heterocycles. The monoisotopic (exact) mass is 446 g/mol. The van der Waals surface area contributed by atoms with Crippen LogP contribution in [0, 0.1) is 5.82 Å². The minimum absolute atomic E-state index is 0.107. The maximum Gasteiger partial charge on any atom is 0.255 e. The number of hydrogen-bond acceptors (Lipinski definition) is 5. The molecule has 0 unspecified atom stereocenters. The van der Waals surface area contributed by atoms with Crippen LogP contribution in [0.4, 0.5) is 9.52 Å². The van der Waals surface area contributed by atoms with Gasteiger partial charge in [0.25, 0.3) is 5.91 Å². The zero-order valence-corrected chi connectivity index (χ0v) is 16.0. The number of amides is 1. The highest BCUT2D eigenvalue weighted by atomic mass is 79.9. The second kappa shape index (κ2) is 7.09. The van der Waals surface area contributed by atoms with Gasteiger partial charge in [0.2, 0.25) is 0 Å². The van der Waals surface area contributed by atoms with Crippen LogP contribution in [-0.2, 0) is 4.79 Å². The lowest BCUT2D eigenvalue weighted by molar-refractivity contribution is -0.118. The molecule has 136 valence electrons. The van der Waals surface area contributed by atoms with E-state index < -0.39 is 17.8 Å². The third kappa shape index (κ3) is 3.56. The van der Waals surface area contributed by atoms with E-state index in [4.69, 9.17) is 0 Å². The minimum atomic E-state index is -1.07. The molecule has 0 saturated heterocycles. The van der Waals surface area contributed by atoms with Gasteiger partial charge in [-0.3, -0.25) is 14.8 Å². The Bertz CT molecular complexity index is 1130. The lowest BCUT2D eigenvalue weighted by atomic mass is 10.0. The number of nitrogens with one attached hydrogen (secondary N) is 1. The van der Waals surface area contributed by atoms with Crippen LogP contribution >= 0.6 is 27.3 Å². The number of fused-ring (bicyclic) bond motifs is 1. The van der Waals surface area contributed by atoms with E-state index in [1.54, 1.807) is 17.8 Å². The summed E-state index contributed by atoms with van der Waals surface area (Å²) in [6, 6.07) is 7.93. The molecular weight excluding hydrogens is 435 g/mol. The number of hydrogen-bond donors (Lipinski definition) is 2. The molecule has 1 amide bonds. The first-order valence-corrected chi connectivity index (χ1v) is 9.52. The summed E-state index contributed by atoms with van der Waals surface area (Å²) in [6.45, 7) is 0. The lowest BCUT2D eigenvalue weighted by Crippen LogP contribution is -2.27. The molecule has 0 aliphatic heterocycles. The van der Waals surface area contributed by atoms with Gasteiger partial charge in [-0.25, -0.2) is 9.37 Å². The van der Waals surface area contributed by atoms with E-state index in [9.17, 15) is 14.3 Å². The topological polar surface area (TPSA) is 80.0 Å². The number of anilines is 1. The fourth-order valence-electron chi connectivity index (χ4n) is 2.75. The second-order valence-electron chi connectivity index (χ2n) is 5.74. The van der Waals surface area contributed by atoms with Gasteiger partial charge < -0.3 is 5.11 Å². The Labute approximate surface area is 165 Å². The van der Waals surface area contributed by atoms with Crippen molar-refractivity contribution < 1.29 is 14.3 Å². The fraction of sp³-hybridized carbons (Fsp3) is 0.0556. The number of carbonyl (C=O) groups excluding carboxylic acids is 1. The van der Waals surface area contributed by atoms with Crippen molar-refractivity contribution in [2.75, 3.05) is 5.32 Å². The van der Waals surface area contributed by atoms with Gasteiger partial charge in [0.05, 0.1) is 5.52 Å². The predicted molar refractivity (Wildman–Crippen MR) is 104 cm³/mol. The van der Waals surface area contributed by atoms with Gasteiger partial charge >= 0.3 is 0 Å². The van der Waals surface area contributed by atoms with E-state index in [0.717, 1.165) is 22.0 Å². The molecule has 0 aliphatic rings. The summed E-state index contributed by atoms with van der Waals surface area (Å²) in [4.78, 5) is 17.0. The molecule has 1 atom stereocenters. The van der Waals surface area contributed by atoms with Crippen LogP contribution in [-0.4, -0.2) is 25.8 Å². The fourth-order valence-corrected chi connectivity index (χ4v) is 3.63. The summed E-state index contributed by atoms with van der Waals surface area (Å²) in [5, 5.41) is 20.3. The van der Waals surface area contributed by atoms with Gasteiger partial charge in [-0.15, -0.1) is 11.3 Å². The molecule has 2 N–H and O–H groups in total. The predicted octanol–water partition coefficient (Wildman–Crippen LogP) is 4.33. The van der Waals surface area contributed by atoms with Crippen LogP contribution in [0.2, 0.25) is 0 Å². The molecule has 4 rings (SSSR count). The third-order valence-electron chi connectivity index (χ3n) is 3.95. The zero-order valence-electron chi connectivity index (χ0n) is 13.6. The largest absolute Gasteiger partial charge is 0.508 e. The van der Waals surface area contributed by atoms with Crippen LogP contribution in [0.25, 0.3) is 10.9 Å². The number of carbonyl (C=O) groups is 1. The molecule has 0 bridgehead atoms. The van der Waals surface area contributed by atoms with E-state index in [1.165, 1.54) is 22.1 Å². The maximum atomic E-state index is 13.8. The van der Waals surface area contributed by atoms with Crippen LogP contribution in [0.1, 0.15) is 11.6 Å². The van der Waals surface area contributed by atoms with Crippen molar-refractivity contribution in [3.63, 3.8) is 0 Å². The summed E-state index contributed by atoms with van der Waals surface area (Å²) < 4.78 is 16.1. The van der Waals surface area contributed by atoms with E-state index in [0.29, 0.717) is 10.6 Å². The SMILES string of the molecule is O=C(Nc1nccs1)[C@@H](c1cc(F)ccc1O)n1cc2ccc(Br)cc2n1. The van der Waals surface area contributed by atoms with Crippen LogP contribution < -0.4 is 5.32 Å². The quantitative estimate of drug-likeness (QED) is 0.488. The first-order chi connectivity index (χ1) is 13.0. The van der Waals surface area contributed by atoms with Crippen molar-refractivity contribution in [2.45, 2.75) is 6.04 Å². The van der Waals surface area contributed by atoms with Crippen molar-refractivity contribution in [1.82, 2.24) is 14.8 Å². The van der Waals surface area contributed by atoms with Gasteiger partial charge in [0.1, 0.15) is 11.6 Å². The lowest BCUT2D eigenvalue weighted by Gasteiger charge is -2.18. The molecule has 27 heavy (non-hydrogen) atoms. The molecule has 9 heteroatoms. The van der Waals surface area contributed by atoms with Crippen molar-refractivity contribution in [3.05, 3.63) is 70.0 Å². The van der Waals surface area contributed by atoms with Gasteiger partial charge in [-0.2, -0.15) is 5.10 Å². The standard InChI is InChI=1S/C18H12BrFN4O2S/c19-11-2-1-10-9-24(23-14(10)7-11)16(13-8-12(20)3-4-15(13)25)17(26)22-18-21-5-6-27-18/h1-9,16,25H,(H,21,22,26)/t16-/m1/s1. The van der Waals surface area contributed by atoms with E-state index in [2.05, 4.69) is 31.3 Å². The zero-order chi connectivity index (χ0) is 19.0. The number of nitrogens with zero attached hydrogens (tertiary/aromatic N) is 3. The molecule has 0 saturated carbocycles. The molecule has 0 aliphatic carbocycles. The number of thiazole rings is 1. The molecule has 0 spiro atoms. The third-order valence-corrected chi connectivity index (χ3v) is 5.13. The Morgan fingerprint density at radius 3 is 2.93 bits per heavy atom. The Kier molecular flexibility index (Phi) is 4.63. The number of halogens is 2. The molecule has 2 aromatic carbocycles. The van der Waals surface area contributed by atoms with Crippen LogP contribution in [0.3, 0.4) is 0 Å². The summed E-state index contributed by atoms with van der Waals surface area (Å²) in [6.07, 6.45) is 3.24. The highest BCUT2D eigenvalue weighted by Gasteiger charge is 2.28. The highest BCUT2D eigenvalue weighted by Crippen LogP contribution is 2.31. The summed E-state index contributed by atoms with van der Waals surface area (Å²) in [7, 11) is 0. The van der Waals surface area contributed by atoms with Crippen LogP contribution in [0.15, 0.2) is 58.6 Å². The number of aromatic nitrogens is 3. The number of aromatic hydroxyl groups is 1. The van der Waals surface area contributed by atoms with E-state index in [-0.39, 0.29) is 11.3 Å². The molecule has 4 aromatic rings. The smallest absolute Gasteiger partial charge is 0.255 e. The summed E-state index contributed by atoms with van der Waals surface area (Å²) in [5.74, 6) is -1.25. The average Bonchev–Trinajstić information content (AvgIpc) is 3.27. The van der Waals surface area contributed by atoms with Crippen LogP contribution in [0.5, 0.6) is 5.75 Å². The highest BCUT2D eigenvalue weighted by molar-refractivity contribution is 9.10. The number of phenolic OH excluding ortho intramolecular Hbond substituents is 1. The average molecular weight is 447 g/mol. The van der Waals surface area contributed by atoms with Gasteiger partial charge in [0.15, 0.2) is 11.2 Å². The Hall–Kier alpha value is -2.78. The Morgan fingerprint density at radius 2 is 2.15 bits per heavy atom. The van der Waals surface area contributed by atoms with Crippen molar-refractivity contribution in [1.29, 1.82) is 0 Å². The molecule has 6 nitrogen and oxygen atoms in total. The van der Waals surface area contributed by atoms with Gasteiger partial charge in [0, 0.05) is 33.2 Å². The summed E-state index contributed by atoms with van der Waals surface area (Å²) >= 11 is 4.65. The summed E-state index contributed by atoms with van der Waals surface area (Å²) in [5.41, 5.74) is 0.767. The maximum absolute atomic E-state index is 13.8. The van der Waals surface area contributed by atoms with E-state index in [1.807, 2.05) is 18.2 Å². The molecule has 0 radical (unpaired) electrons. The van der Waals surface area contributed by atoms with E-state index >= 15 is 0 Å². The first kappa shape index (κ1) is 17.6. The van der Waals surface area contributed by atoms with Gasteiger partial charge in [-0.05, 0) is 30.3 Å². The molecular formula is C18H12BrFN4O2S. The second-order valence-corrected chi connectivity index (χ2v) is 7.55. The number of rotatable bonds is 4. The Morgan fingerprint density at radius 1 is 1.30 bits per heavy atom. The van der Waals surface area contributed by atoms with Crippen molar-refractivity contribution >= 4 is 49.2 Å².